The summed E-state index contributed by atoms with van der Waals surface area (Å²) in [5.74, 6) is 2.04. The summed E-state index contributed by atoms with van der Waals surface area (Å²) in [6.07, 6.45) is -3.08. The predicted molar refractivity (Wildman–Crippen MR) is 119 cm³/mol. The molecule has 0 radical (unpaired) electrons. The standard InChI is InChI=1S/C19H30F3N3O3.HI/c1-4-27-16-8-7-15(13-17(16)28-5-2)9-11-25-18(23-3)24-10-6-12-26-14-19(20,21)22;/h7-8,13H,4-6,9-12,14H2,1-3H3,(H2,23,24,25);1H. The highest BCUT2D eigenvalue weighted by Crippen LogP contribution is 2.28. The van der Waals surface area contributed by atoms with Crippen LogP contribution in [0.1, 0.15) is 25.8 Å². The number of aliphatic imine (C=N–C) groups is 1. The molecule has 0 aliphatic heterocycles. The van der Waals surface area contributed by atoms with Gasteiger partial charge in [-0.15, -0.1) is 24.0 Å². The van der Waals surface area contributed by atoms with Crippen LogP contribution in [0.5, 0.6) is 11.5 Å². The van der Waals surface area contributed by atoms with E-state index in [1.807, 2.05) is 32.0 Å². The smallest absolute Gasteiger partial charge is 0.411 e. The Balaban J connectivity index is 0.00000784. The lowest BCUT2D eigenvalue weighted by molar-refractivity contribution is -0.173. The zero-order chi connectivity index (χ0) is 20.8. The molecule has 0 bridgehead atoms. The Labute approximate surface area is 187 Å². The third-order valence-electron chi connectivity index (χ3n) is 3.56. The molecule has 0 saturated carbocycles. The van der Waals surface area contributed by atoms with Gasteiger partial charge in [-0.3, -0.25) is 4.99 Å². The van der Waals surface area contributed by atoms with Crippen LogP contribution in [0.15, 0.2) is 23.2 Å². The lowest BCUT2D eigenvalue weighted by atomic mass is 10.1. The number of hydrogen-bond donors (Lipinski definition) is 2. The summed E-state index contributed by atoms with van der Waals surface area (Å²) in [6.45, 7) is 4.91. The summed E-state index contributed by atoms with van der Waals surface area (Å²) in [4.78, 5) is 4.09. The first-order valence-electron chi connectivity index (χ1n) is 9.37. The number of guanidine groups is 1. The van der Waals surface area contributed by atoms with Crippen LogP contribution in [-0.2, 0) is 11.2 Å². The van der Waals surface area contributed by atoms with Crippen LogP contribution in [0.2, 0.25) is 0 Å². The molecule has 0 amide bonds. The Morgan fingerprint density at radius 3 is 2.31 bits per heavy atom. The van der Waals surface area contributed by atoms with E-state index < -0.39 is 12.8 Å². The molecule has 1 aromatic rings. The Morgan fingerprint density at radius 2 is 1.69 bits per heavy atom. The molecule has 0 atom stereocenters. The molecular weight excluding hydrogens is 502 g/mol. The van der Waals surface area contributed by atoms with Gasteiger partial charge in [-0.1, -0.05) is 6.07 Å². The van der Waals surface area contributed by atoms with E-state index in [0.29, 0.717) is 38.7 Å². The molecule has 0 heterocycles. The maximum atomic E-state index is 12.0. The van der Waals surface area contributed by atoms with Gasteiger partial charge in [0.15, 0.2) is 17.5 Å². The third-order valence-corrected chi connectivity index (χ3v) is 3.56. The molecule has 0 unspecified atom stereocenters. The number of nitrogens with one attached hydrogen (secondary N) is 2. The molecular formula is C19H31F3IN3O3. The molecule has 0 saturated heterocycles. The molecule has 0 aliphatic carbocycles. The second-order valence-electron chi connectivity index (χ2n) is 5.84. The Bertz CT molecular complexity index is 602. The maximum absolute atomic E-state index is 12.0. The second kappa shape index (κ2) is 15.4. The van der Waals surface area contributed by atoms with E-state index in [1.165, 1.54) is 0 Å². The third kappa shape index (κ3) is 12.7. The first-order valence-corrected chi connectivity index (χ1v) is 9.37. The maximum Gasteiger partial charge on any atom is 0.411 e. The van der Waals surface area contributed by atoms with Crippen molar-refractivity contribution in [1.82, 2.24) is 10.6 Å². The number of halogens is 4. The average molecular weight is 533 g/mol. The van der Waals surface area contributed by atoms with Gasteiger partial charge < -0.3 is 24.8 Å². The van der Waals surface area contributed by atoms with E-state index in [2.05, 4.69) is 20.4 Å². The van der Waals surface area contributed by atoms with Crippen molar-refractivity contribution in [2.45, 2.75) is 32.9 Å². The van der Waals surface area contributed by atoms with E-state index in [1.54, 1.807) is 7.05 Å². The lowest BCUT2D eigenvalue weighted by Crippen LogP contribution is -2.39. The Hall–Kier alpha value is -1.43. The number of alkyl halides is 3. The molecule has 1 rings (SSSR count). The van der Waals surface area contributed by atoms with E-state index in [-0.39, 0.29) is 30.6 Å². The minimum Gasteiger partial charge on any atom is -0.490 e. The highest BCUT2D eigenvalue weighted by atomic mass is 127. The van der Waals surface area contributed by atoms with Crippen molar-refractivity contribution in [3.63, 3.8) is 0 Å². The number of ether oxygens (including phenoxy) is 3. The minimum atomic E-state index is -4.28. The molecule has 1 aromatic carbocycles. The van der Waals surface area contributed by atoms with E-state index in [4.69, 9.17) is 9.47 Å². The monoisotopic (exact) mass is 533 g/mol. The van der Waals surface area contributed by atoms with Crippen LogP contribution in [0.25, 0.3) is 0 Å². The van der Waals surface area contributed by atoms with Crippen molar-refractivity contribution in [2.75, 3.05) is 46.6 Å². The minimum absolute atomic E-state index is 0. The van der Waals surface area contributed by atoms with Gasteiger partial charge in [0.05, 0.1) is 13.2 Å². The zero-order valence-corrected chi connectivity index (χ0v) is 19.4. The van der Waals surface area contributed by atoms with Crippen LogP contribution in [0.3, 0.4) is 0 Å². The van der Waals surface area contributed by atoms with Gasteiger partial charge in [0, 0.05) is 26.7 Å². The number of nitrogens with zero attached hydrogens (tertiary/aromatic N) is 1. The normalized spacial score (nSPS) is 11.6. The molecule has 2 N–H and O–H groups in total. The molecule has 168 valence electrons. The summed E-state index contributed by atoms with van der Waals surface area (Å²) < 4.78 is 51.7. The largest absolute Gasteiger partial charge is 0.490 e. The lowest BCUT2D eigenvalue weighted by Gasteiger charge is -2.14. The van der Waals surface area contributed by atoms with Gasteiger partial charge >= 0.3 is 6.18 Å². The number of rotatable bonds is 12. The summed E-state index contributed by atoms with van der Waals surface area (Å²) in [6, 6.07) is 5.85. The SMILES string of the molecule is CCOc1ccc(CCNC(=NC)NCCCOCC(F)(F)F)cc1OCC.I. The summed E-state index contributed by atoms with van der Waals surface area (Å²) in [7, 11) is 1.64. The van der Waals surface area contributed by atoms with Gasteiger partial charge in [0.1, 0.15) is 6.61 Å². The molecule has 0 spiro atoms. The predicted octanol–water partition coefficient (Wildman–Crippen LogP) is 3.78. The Kier molecular flexibility index (Phi) is 14.7. The fourth-order valence-electron chi connectivity index (χ4n) is 2.37. The first-order chi connectivity index (χ1) is 13.4. The molecule has 29 heavy (non-hydrogen) atoms. The molecule has 0 aromatic heterocycles. The summed E-state index contributed by atoms with van der Waals surface area (Å²) in [5.41, 5.74) is 1.09. The van der Waals surface area contributed by atoms with Crippen LogP contribution in [0, 0.1) is 0 Å². The topological polar surface area (TPSA) is 64.1 Å². The van der Waals surface area contributed by atoms with Crippen molar-refractivity contribution in [1.29, 1.82) is 0 Å². The van der Waals surface area contributed by atoms with Crippen molar-refractivity contribution >= 4 is 29.9 Å². The number of benzene rings is 1. The summed E-state index contributed by atoms with van der Waals surface area (Å²) >= 11 is 0. The van der Waals surface area contributed by atoms with Crippen LogP contribution in [-0.4, -0.2) is 58.7 Å². The van der Waals surface area contributed by atoms with E-state index in [9.17, 15) is 13.2 Å². The van der Waals surface area contributed by atoms with Crippen molar-refractivity contribution in [2.24, 2.45) is 4.99 Å². The van der Waals surface area contributed by atoms with Gasteiger partial charge in [0.2, 0.25) is 0 Å². The zero-order valence-electron chi connectivity index (χ0n) is 17.1. The Morgan fingerprint density at radius 1 is 1.03 bits per heavy atom. The fraction of sp³-hybridized carbons (Fsp3) is 0.632. The highest BCUT2D eigenvalue weighted by Gasteiger charge is 2.27. The first kappa shape index (κ1) is 27.6. The van der Waals surface area contributed by atoms with Crippen molar-refractivity contribution in [3.8, 4) is 11.5 Å². The molecule has 0 aliphatic rings. The van der Waals surface area contributed by atoms with Crippen LogP contribution in [0.4, 0.5) is 13.2 Å². The molecule has 10 heteroatoms. The fourth-order valence-corrected chi connectivity index (χ4v) is 2.37. The van der Waals surface area contributed by atoms with Crippen LogP contribution >= 0.6 is 24.0 Å². The van der Waals surface area contributed by atoms with Crippen molar-refractivity contribution in [3.05, 3.63) is 23.8 Å². The van der Waals surface area contributed by atoms with E-state index in [0.717, 1.165) is 23.5 Å². The molecule has 6 nitrogen and oxygen atoms in total. The van der Waals surface area contributed by atoms with Crippen molar-refractivity contribution < 1.29 is 27.4 Å². The van der Waals surface area contributed by atoms with Gasteiger partial charge in [-0.2, -0.15) is 13.2 Å². The van der Waals surface area contributed by atoms with Crippen LogP contribution < -0.4 is 20.1 Å². The second-order valence-corrected chi connectivity index (χ2v) is 5.84. The van der Waals surface area contributed by atoms with Gasteiger partial charge in [0.25, 0.3) is 0 Å². The van der Waals surface area contributed by atoms with E-state index >= 15 is 0 Å². The number of hydrogen-bond acceptors (Lipinski definition) is 4. The molecule has 0 fully saturated rings. The average Bonchev–Trinajstić information content (AvgIpc) is 2.64. The highest BCUT2D eigenvalue weighted by molar-refractivity contribution is 14.0. The van der Waals surface area contributed by atoms with Gasteiger partial charge in [-0.05, 0) is 44.4 Å². The quantitative estimate of drug-likeness (QED) is 0.186. The van der Waals surface area contributed by atoms with Gasteiger partial charge in [-0.25, -0.2) is 0 Å². The summed E-state index contributed by atoms with van der Waals surface area (Å²) in [5, 5.41) is 6.21.